The number of anilines is 4. The third kappa shape index (κ3) is 4.08. The summed E-state index contributed by atoms with van der Waals surface area (Å²) in [6.45, 7) is 0.991. The van der Waals surface area contributed by atoms with Crippen LogP contribution < -0.4 is 20.1 Å². The average Bonchev–Trinajstić information content (AvgIpc) is 2.68. The number of fused-ring (bicyclic) bond motifs is 1. The summed E-state index contributed by atoms with van der Waals surface area (Å²) in [5.41, 5.74) is 0.224. The number of rotatable bonds is 4. The molecular weight excluding hydrogens is 373 g/mol. The van der Waals surface area contributed by atoms with Crippen molar-refractivity contribution in [2.24, 2.45) is 0 Å². The lowest BCUT2D eigenvalue weighted by Gasteiger charge is -2.19. The van der Waals surface area contributed by atoms with Crippen LogP contribution in [0.2, 0.25) is 0 Å². The van der Waals surface area contributed by atoms with E-state index in [2.05, 4.69) is 20.6 Å². The molecule has 1 aromatic heterocycles. The van der Waals surface area contributed by atoms with Crippen molar-refractivity contribution < 1.29 is 22.6 Å². The first kappa shape index (κ1) is 17.9. The van der Waals surface area contributed by atoms with Gasteiger partial charge in [-0.1, -0.05) is 6.07 Å². The number of nitrogens with zero attached hydrogens (tertiary/aromatic N) is 2. The smallest absolute Gasteiger partial charge is 0.416 e. The second-order valence-corrected chi connectivity index (χ2v) is 5.95. The molecule has 0 bridgehead atoms. The Morgan fingerprint density at radius 1 is 0.857 bits per heavy atom. The van der Waals surface area contributed by atoms with Crippen molar-refractivity contribution in [1.29, 1.82) is 0 Å². The number of halogens is 3. The summed E-state index contributed by atoms with van der Waals surface area (Å²) >= 11 is 0. The quantitative estimate of drug-likeness (QED) is 0.672. The fraction of sp³-hybridized carbons (Fsp3) is 0.158. The van der Waals surface area contributed by atoms with Crippen LogP contribution in [0.5, 0.6) is 11.5 Å². The number of aromatic nitrogens is 2. The Balaban J connectivity index is 1.51. The van der Waals surface area contributed by atoms with E-state index in [0.29, 0.717) is 30.5 Å². The van der Waals surface area contributed by atoms with Gasteiger partial charge in [0.2, 0.25) is 5.95 Å². The normalized spacial score (nSPS) is 13.1. The molecule has 0 amide bonds. The summed E-state index contributed by atoms with van der Waals surface area (Å²) in [6, 6.07) is 11.9. The van der Waals surface area contributed by atoms with Crippen molar-refractivity contribution in [1.82, 2.24) is 9.97 Å². The van der Waals surface area contributed by atoms with Gasteiger partial charge in [0, 0.05) is 23.6 Å². The van der Waals surface area contributed by atoms with E-state index in [0.717, 1.165) is 17.8 Å². The summed E-state index contributed by atoms with van der Waals surface area (Å²) in [5.74, 6) is 1.95. The second-order valence-electron chi connectivity index (χ2n) is 5.95. The lowest BCUT2D eigenvalue weighted by molar-refractivity contribution is -0.137. The van der Waals surface area contributed by atoms with Crippen molar-refractivity contribution in [3.8, 4) is 11.5 Å². The van der Waals surface area contributed by atoms with Gasteiger partial charge in [0.05, 0.1) is 5.56 Å². The Kier molecular flexibility index (Phi) is 4.64. The van der Waals surface area contributed by atoms with Crippen LogP contribution >= 0.6 is 0 Å². The molecule has 3 aromatic rings. The van der Waals surface area contributed by atoms with Crippen LogP contribution in [0.1, 0.15) is 5.56 Å². The Morgan fingerprint density at radius 2 is 1.64 bits per heavy atom. The lowest BCUT2D eigenvalue weighted by Crippen LogP contribution is -2.15. The molecule has 6 nitrogen and oxygen atoms in total. The van der Waals surface area contributed by atoms with Gasteiger partial charge < -0.3 is 20.1 Å². The first-order valence-corrected chi connectivity index (χ1v) is 8.41. The zero-order valence-electron chi connectivity index (χ0n) is 14.5. The van der Waals surface area contributed by atoms with Crippen molar-refractivity contribution in [3.05, 3.63) is 60.3 Å². The maximum Gasteiger partial charge on any atom is 0.416 e. The van der Waals surface area contributed by atoms with Crippen LogP contribution in [-0.4, -0.2) is 23.2 Å². The molecule has 2 heterocycles. The van der Waals surface area contributed by atoms with Gasteiger partial charge in [0.1, 0.15) is 19.0 Å². The van der Waals surface area contributed by atoms with Crippen LogP contribution in [0.15, 0.2) is 54.7 Å². The average molecular weight is 388 g/mol. The van der Waals surface area contributed by atoms with E-state index in [-0.39, 0.29) is 11.6 Å². The molecule has 0 unspecified atom stereocenters. The fourth-order valence-electron chi connectivity index (χ4n) is 2.66. The molecule has 0 saturated carbocycles. The van der Waals surface area contributed by atoms with Crippen LogP contribution in [0.4, 0.5) is 36.3 Å². The molecule has 28 heavy (non-hydrogen) atoms. The highest BCUT2D eigenvalue weighted by atomic mass is 19.4. The monoisotopic (exact) mass is 388 g/mol. The summed E-state index contributed by atoms with van der Waals surface area (Å²) in [5, 5.41) is 5.89. The van der Waals surface area contributed by atoms with E-state index < -0.39 is 11.7 Å². The van der Waals surface area contributed by atoms with Crippen LogP contribution in [0.25, 0.3) is 0 Å². The van der Waals surface area contributed by atoms with E-state index in [1.165, 1.54) is 18.3 Å². The molecule has 2 N–H and O–H groups in total. The predicted octanol–water partition coefficient (Wildman–Crippen LogP) is 4.75. The van der Waals surface area contributed by atoms with Crippen molar-refractivity contribution >= 4 is 23.1 Å². The summed E-state index contributed by atoms with van der Waals surface area (Å²) in [7, 11) is 0. The van der Waals surface area contributed by atoms with Crippen molar-refractivity contribution in [2.45, 2.75) is 6.18 Å². The maximum absolute atomic E-state index is 12.8. The molecule has 144 valence electrons. The fourth-order valence-corrected chi connectivity index (χ4v) is 2.66. The number of ether oxygens (including phenoxy) is 2. The highest BCUT2D eigenvalue weighted by Gasteiger charge is 2.30. The molecule has 0 aliphatic carbocycles. The molecule has 0 saturated heterocycles. The van der Waals surface area contributed by atoms with Gasteiger partial charge in [-0.05, 0) is 36.4 Å². The number of nitrogens with one attached hydrogen (secondary N) is 2. The molecule has 0 fully saturated rings. The minimum absolute atomic E-state index is 0.168. The van der Waals surface area contributed by atoms with Crippen molar-refractivity contribution in [2.75, 3.05) is 23.8 Å². The molecular formula is C19H15F3N4O2. The highest BCUT2D eigenvalue weighted by molar-refractivity contribution is 5.63. The standard InChI is InChI=1S/C19H15F3N4O2/c20-19(21,22)12-2-1-3-13(10-12)25-18-23-7-6-17(26-18)24-14-4-5-15-16(11-14)28-9-8-27-15/h1-7,10-11H,8-9H2,(H2,23,24,25,26). The van der Waals surface area contributed by atoms with E-state index in [4.69, 9.17) is 9.47 Å². The first-order valence-electron chi connectivity index (χ1n) is 8.41. The molecule has 9 heteroatoms. The van der Waals surface area contributed by atoms with E-state index in [1.807, 2.05) is 6.07 Å². The Morgan fingerprint density at radius 3 is 2.46 bits per heavy atom. The van der Waals surface area contributed by atoms with E-state index in [1.54, 1.807) is 18.2 Å². The summed E-state index contributed by atoms with van der Waals surface area (Å²) in [4.78, 5) is 8.33. The molecule has 1 aliphatic rings. The third-order valence-electron chi connectivity index (χ3n) is 3.92. The molecule has 2 aromatic carbocycles. The molecule has 0 spiro atoms. The first-order chi connectivity index (χ1) is 13.5. The van der Waals surface area contributed by atoms with Gasteiger partial charge in [-0.15, -0.1) is 0 Å². The molecule has 1 aliphatic heterocycles. The zero-order chi connectivity index (χ0) is 19.6. The molecule has 0 atom stereocenters. The number of hydrogen-bond donors (Lipinski definition) is 2. The Bertz CT molecular complexity index is 995. The topological polar surface area (TPSA) is 68.3 Å². The summed E-state index contributed by atoms with van der Waals surface area (Å²) < 4.78 is 49.6. The minimum Gasteiger partial charge on any atom is -0.486 e. The lowest BCUT2D eigenvalue weighted by atomic mass is 10.2. The van der Waals surface area contributed by atoms with E-state index in [9.17, 15) is 13.2 Å². The number of alkyl halides is 3. The second kappa shape index (κ2) is 7.26. The zero-order valence-corrected chi connectivity index (χ0v) is 14.5. The summed E-state index contributed by atoms with van der Waals surface area (Å²) in [6.07, 6.45) is -2.91. The third-order valence-corrected chi connectivity index (χ3v) is 3.92. The minimum atomic E-state index is -4.42. The highest BCUT2D eigenvalue weighted by Crippen LogP contribution is 2.34. The predicted molar refractivity (Wildman–Crippen MR) is 97.5 cm³/mol. The van der Waals surface area contributed by atoms with Gasteiger partial charge in [0.25, 0.3) is 0 Å². The van der Waals surface area contributed by atoms with Gasteiger partial charge >= 0.3 is 6.18 Å². The largest absolute Gasteiger partial charge is 0.486 e. The van der Waals surface area contributed by atoms with Gasteiger partial charge in [-0.2, -0.15) is 18.2 Å². The maximum atomic E-state index is 12.8. The molecule has 0 radical (unpaired) electrons. The van der Waals surface area contributed by atoms with Crippen molar-refractivity contribution in [3.63, 3.8) is 0 Å². The van der Waals surface area contributed by atoms with Gasteiger partial charge in [-0.25, -0.2) is 4.98 Å². The van der Waals surface area contributed by atoms with E-state index >= 15 is 0 Å². The Hall–Kier alpha value is -3.49. The number of benzene rings is 2. The molecule has 4 rings (SSSR count). The van der Waals surface area contributed by atoms with Crippen LogP contribution in [0, 0.1) is 0 Å². The van der Waals surface area contributed by atoms with Gasteiger partial charge in [0.15, 0.2) is 11.5 Å². The van der Waals surface area contributed by atoms with Crippen LogP contribution in [-0.2, 0) is 6.18 Å². The van der Waals surface area contributed by atoms with Crippen LogP contribution in [0.3, 0.4) is 0 Å². The SMILES string of the molecule is FC(F)(F)c1cccc(Nc2nccc(Nc3ccc4c(c3)OCCO4)n2)c1. The Labute approximate surface area is 158 Å². The van der Waals surface area contributed by atoms with Gasteiger partial charge in [-0.3, -0.25) is 0 Å². The number of hydrogen-bond acceptors (Lipinski definition) is 6.